The summed E-state index contributed by atoms with van der Waals surface area (Å²) in [4.78, 5) is 4.10. The Labute approximate surface area is 82.5 Å². The van der Waals surface area contributed by atoms with Crippen LogP contribution < -0.4 is 10.5 Å². The van der Waals surface area contributed by atoms with Gasteiger partial charge in [0.05, 0.1) is 7.11 Å². The highest BCUT2D eigenvalue weighted by Crippen LogP contribution is 2.26. The number of methoxy groups -OCH3 is 1. The lowest BCUT2D eigenvalue weighted by molar-refractivity contribution is 0.415. The molecule has 14 heavy (non-hydrogen) atoms. The van der Waals surface area contributed by atoms with E-state index in [-0.39, 0.29) is 0 Å². The molecule has 0 saturated carbocycles. The summed E-state index contributed by atoms with van der Waals surface area (Å²) in [6, 6.07) is 5.83. The minimum absolute atomic E-state index is 0.546. The van der Waals surface area contributed by atoms with E-state index in [0.29, 0.717) is 5.82 Å². The van der Waals surface area contributed by atoms with Crippen LogP contribution in [0.2, 0.25) is 0 Å². The van der Waals surface area contributed by atoms with Crippen molar-refractivity contribution >= 4 is 16.6 Å². The highest BCUT2D eigenvalue weighted by atomic mass is 16.5. The number of aromatic nitrogens is 1. The van der Waals surface area contributed by atoms with Crippen LogP contribution >= 0.6 is 0 Å². The number of pyridine rings is 1. The van der Waals surface area contributed by atoms with Crippen molar-refractivity contribution in [1.29, 1.82) is 0 Å². The van der Waals surface area contributed by atoms with Gasteiger partial charge in [0.15, 0.2) is 0 Å². The van der Waals surface area contributed by atoms with E-state index in [9.17, 15) is 0 Å². The summed E-state index contributed by atoms with van der Waals surface area (Å²) in [5.41, 5.74) is 6.90. The first kappa shape index (κ1) is 8.81. The summed E-state index contributed by atoms with van der Waals surface area (Å²) in [5, 5.41) is 2.07. The van der Waals surface area contributed by atoms with E-state index in [1.807, 2.05) is 25.1 Å². The molecule has 0 bridgehead atoms. The number of rotatable bonds is 1. The van der Waals surface area contributed by atoms with Crippen LogP contribution in [-0.4, -0.2) is 12.1 Å². The Morgan fingerprint density at radius 1 is 1.29 bits per heavy atom. The Morgan fingerprint density at radius 2 is 2.07 bits per heavy atom. The van der Waals surface area contributed by atoms with Crippen LogP contribution in [0.15, 0.2) is 24.4 Å². The number of anilines is 1. The van der Waals surface area contributed by atoms with Crippen LogP contribution in [0.1, 0.15) is 5.56 Å². The number of fused-ring (bicyclic) bond motifs is 1. The van der Waals surface area contributed by atoms with Gasteiger partial charge in [0.1, 0.15) is 11.6 Å². The fraction of sp³-hybridized carbons (Fsp3) is 0.182. The summed E-state index contributed by atoms with van der Waals surface area (Å²) in [6.07, 6.45) is 1.78. The zero-order valence-corrected chi connectivity index (χ0v) is 8.24. The molecule has 0 radical (unpaired) electrons. The van der Waals surface area contributed by atoms with Crippen LogP contribution in [0.5, 0.6) is 5.75 Å². The van der Waals surface area contributed by atoms with Crippen LogP contribution in [0.4, 0.5) is 5.82 Å². The van der Waals surface area contributed by atoms with Gasteiger partial charge in [0, 0.05) is 11.6 Å². The maximum atomic E-state index is 5.78. The summed E-state index contributed by atoms with van der Waals surface area (Å²) in [6.45, 7) is 2.02. The van der Waals surface area contributed by atoms with E-state index in [0.717, 1.165) is 22.1 Å². The van der Waals surface area contributed by atoms with Crippen molar-refractivity contribution in [3.8, 4) is 5.75 Å². The van der Waals surface area contributed by atoms with Crippen molar-refractivity contribution in [2.24, 2.45) is 0 Å². The number of ether oxygens (including phenoxy) is 1. The van der Waals surface area contributed by atoms with E-state index in [2.05, 4.69) is 4.98 Å². The second kappa shape index (κ2) is 3.18. The first-order valence-electron chi connectivity index (χ1n) is 4.41. The monoisotopic (exact) mass is 188 g/mol. The first-order chi connectivity index (χ1) is 6.72. The Morgan fingerprint density at radius 3 is 2.79 bits per heavy atom. The average Bonchev–Trinajstić information content (AvgIpc) is 2.23. The zero-order valence-electron chi connectivity index (χ0n) is 8.24. The SMILES string of the molecule is COc1ccc2c(C)cnc(N)c2c1. The Bertz CT molecular complexity index is 480. The molecule has 0 unspecified atom stereocenters. The number of benzene rings is 1. The van der Waals surface area contributed by atoms with Gasteiger partial charge < -0.3 is 10.5 Å². The van der Waals surface area contributed by atoms with Gasteiger partial charge in [0.25, 0.3) is 0 Å². The zero-order chi connectivity index (χ0) is 10.1. The number of nitrogen functional groups attached to an aromatic ring is 1. The van der Waals surface area contributed by atoms with Gasteiger partial charge >= 0.3 is 0 Å². The van der Waals surface area contributed by atoms with Gasteiger partial charge in [-0.1, -0.05) is 6.07 Å². The number of aryl methyl sites for hydroxylation is 1. The number of hydrogen-bond acceptors (Lipinski definition) is 3. The number of nitrogens with two attached hydrogens (primary N) is 1. The van der Waals surface area contributed by atoms with E-state index in [4.69, 9.17) is 10.5 Å². The molecule has 0 atom stereocenters. The van der Waals surface area contributed by atoms with Crippen LogP contribution in [0, 0.1) is 6.92 Å². The molecule has 0 aliphatic rings. The quantitative estimate of drug-likeness (QED) is 0.745. The van der Waals surface area contributed by atoms with Crippen molar-refractivity contribution in [3.05, 3.63) is 30.0 Å². The molecule has 0 amide bonds. The van der Waals surface area contributed by atoms with E-state index in [1.54, 1.807) is 13.3 Å². The van der Waals surface area contributed by atoms with Crippen LogP contribution in [0.3, 0.4) is 0 Å². The lowest BCUT2D eigenvalue weighted by Gasteiger charge is -2.06. The minimum Gasteiger partial charge on any atom is -0.497 e. The lowest BCUT2D eigenvalue weighted by atomic mass is 10.1. The number of nitrogens with zero attached hydrogens (tertiary/aromatic N) is 1. The predicted molar refractivity (Wildman–Crippen MR) is 57.4 cm³/mol. The third kappa shape index (κ3) is 1.27. The lowest BCUT2D eigenvalue weighted by Crippen LogP contribution is -1.93. The van der Waals surface area contributed by atoms with Crippen molar-refractivity contribution in [2.45, 2.75) is 6.92 Å². The smallest absolute Gasteiger partial charge is 0.131 e. The molecule has 0 aliphatic heterocycles. The molecule has 0 fully saturated rings. The van der Waals surface area contributed by atoms with Gasteiger partial charge in [-0.25, -0.2) is 4.98 Å². The van der Waals surface area contributed by atoms with Gasteiger partial charge in [-0.05, 0) is 30.0 Å². The minimum atomic E-state index is 0.546. The van der Waals surface area contributed by atoms with Gasteiger partial charge in [-0.2, -0.15) is 0 Å². The van der Waals surface area contributed by atoms with Gasteiger partial charge in [-0.3, -0.25) is 0 Å². The summed E-state index contributed by atoms with van der Waals surface area (Å²) in [7, 11) is 1.64. The fourth-order valence-electron chi connectivity index (χ4n) is 1.51. The third-order valence-electron chi connectivity index (χ3n) is 2.32. The highest BCUT2D eigenvalue weighted by Gasteiger charge is 2.03. The molecule has 1 heterocycles. The molecule has 1 aromatic heterocycles. The van der Waals surface area contributed by atoms with E-state index in [1.165, 1.54) is 0 Å². The predicted octanol–water partition coefficient (Wildman–Crippen LogP) is 2.13. The number of hydrogen-bond donors (Lipinski definition) is 1. The maximum Gasteiger partial charge on any atom is 0.131 e. The van der Waals surface area contributed by atoms with Crippen molar-refractivity contribution < 1.29 is 4.74 Å². The summed E-state index contributed by atoms with van der Waals surface area (Å²) >= 11 is 0. The first-order valence-corrected chi connectivity index (χ1v) is 4.41. The van der Waals surface area contributed by atoms with Crippen molar-refractivity contribution in [2.75, 3.05) is 12.8 Å². The Kier molecular flexibility index (Phi) is 2.00. The standard InChI is InChI=1S/C11H12N2O/c1-7-6-13-11(12)10-5-8(14-2)3-4-9(7)10/h3-6H,1-2H3,(H2,12,13). The van der Waals surface area contributed by atoms with Crippen LogP contribution in [-0.2, 0) is 0 Å². The highest BCUT2D eigenvalue weighted by molar-refractivity contribution is 5.93. The van der Waals surface area contributed by atoms with Crippen LogP contribution in [0.25, 0.3) is 10.8 Å². The topological polar surface area (TPSA) is 48.1 Å². The summed E-state index contributed by atoms with van der Waals surface area (Å²) < 4.78 is 5.13. The Balaban J connectivity index is 2.80. The van der Waals surface area contributed by atoms with Gasteiger partial charge in [0.2, 0.25) is 0 Å². The third-order valence-corrected chi connectivity index (χ3v) is 2.32. The Hall–Kier alpha value is -1.77. The molecular formula is C11H12N2O. The molecule has 1 aromatic carbocycles. The molecule has 2 N–H and O–H groups in total. The second-order valence-corrected chi connectivity index (χ2v) is 3.24. The molecule has 0 spiro atoms. The van der Waals surface area contributed by atoms with Crippen molar-refractivity contribution in [3.63, 3.8) is 0 Å². The second-order valence-electron chi connectivity index (χ2n) is 3.24. The van der Waals surface area contributed by atoms with Crippen molar-refractivity contribution in [1.82, 2.24) is 4.98 Å². The largest absolute Gasteiger partial charge is 0.497 e. The molecule has 3 heteroatoms. The molecular weight excluding hydrogens is 176 g/mol. The fourth-order valence-corrected chi connectivity index (χ4v) is 1.51. The maximum absolute atomic E-state index is 5.78. The van der Waals surface area contributed by atoms with E-state index < -0.39 is 0 Å². The average molecular weight is 188 g/mol. The molecule has 3 nitrogen and oxygen atoms in total. The van der Waals surface area contributed by atoms with E-state index >= 15 is 0 Å². The summed E-state index contributed by atoms with van der Waals surface area (Å²) in [5.74, 6) is 1.35. The van der Waals surface area contributed by atoms with Gasteiger partial charge in [-0.15, -0.1) is 0 Å². The molecule has 0 saturated heterocycles. The molecule has 2 aromatic rings. The molecule has 72 valence electrons. The molecule has 2 rings (SSSR count). The normalized spacial score (nSPS) is 10.4. The molecule has 0 aliphatic carbocycles.